The van der Waals surface area contributed by atoms with Crippen molar-refractivity contribution in [2.75, 3.05) is 13.6 Å². The summed E-state index contributed by atoms with van der Waals surface area (Å²) in [6.45, 7) is 2.10. The van der Waals surface area contributed by atoms with Crippen molar-refractivity contribution in [3.05, 3.63) is 35.9 Å². The van der Waals surface area contributed by atoms with E-state index in [1.54, 1.807) is 14.0 Å². The van der Waals surface area contributed by atoms with Crippen LogP contribution in [0, 0.1) is 34.5 Å². The zero-order valence-electron chi connectivity index (χ0n) is 11.2. The zero-order valence-corrected chi connectivity index (χ0v) is 11.2. The molecule has 0 bridgehead atoms. The fourth-order valence-corrected chi connectivity index (χ4v) is 1.85. The first kappa shape index (κ1) is 14.7. The van der Waals surface area contributed by atoms with Crippen LogP contribution in [-0.4, -0.2) is 24.4 Å². The molecule has 1 aromatic carbocycles. The normalized spacial score (nSPS) is 12.8. The topological polar surface area (TPSA) is 67.9 Å². The number of nitriles is 2. The molecule has 0 aliphatic carbocycles. The van der Waals surface area contributed by atoms with Crippen molar-refractivity contribution in [2.45, 2.75) is 13.3 Å². The lowest BCUT2D eigenvalue weighted by Gasteiger charge is -2.21. The van der Waals surface area contributed by atoms with E-state index < -0.39 is 5.92 Å². The number of nitrogens with zero attached hydrogens (tertiary/aromatic N) is 3. The fourth-order valence-electron chi connectivity index (χ4n) is 1.85. The third-order valence-corrected chi connectivity index (χ3v) is 2.88. The molecular formula is C15H17N3O. The Kier molecular flexibility index (Phi) is 5.57. The van der Waals surface area contributed by atoms with Gasteiger partial charge in [-0.25, -0.2) is 0 Å². The Hall–Kier alpha value is -2.33. The maximum absolute atomic E-state index is 12.1. The van der Waals surface area contributed by atoms with Gasteiger partial charge in [0, 0.05) is 13.6 Å². The molecule has 1 rings (SSSR count). The molecule has 0 fully saturated rings. The van der Waals surface area contributed by atoms with E-state index in [1.807, 2.05) is 36.4 Å². The predicted molar refractivity (Wildman–Crippen MR) is 71.7 cm³/mol. The molecule has 19 heavy (non-hydrogen) atoms. The van der Waals surface area contributed by atoms with Gasteiger partial charge in [-0.15, -0.1) is 0 Å². The summed E-state index contributed by atoms with van der Waals surface area (Å²) in [5, 5.41) is 17.9. The van der Waals surface area contributed by atoms with Crippen LogP contribution < -0.4 is 0 Å². The second kappa shape index (κ2) is 7.18. The number of amides is 1. The highest BCUT2D eigenvalue weighted by atomic mass is 16.2. The van der Waals surface area contributed by atoms with Crippen molar-refractivity contribution in [3.8, 4) is 12.1 Å². The Morgan fingerprint density at radius 2 is 1.89 bits per heavy atom. The monoisotopic (exact) mass is 255 g/mol. The number of rotatable bonds is 5. The van der Waals surface area contributed by atoms with E-state index in [0.29, 0.717) is 13.0 Å². The molecule has 0 radical (unpaired) electrons. The molecular weight excluding hydrogens is 238 g/mol. The highest BCUT2D eigenvalue weighted by molar-refractivity contribution is 5.81. The molecule has 1 aromatic rings. The van der Waals surface area contributed by atoms with Gasteiger partial charge in [0.05, 0.1) is 18.1 Å². The van der Waals surface area contributed by atoms with Crippen molar-refractivity contribution < 1.29 is 4.79 Å². The van der Waals surface area contributed by atoms with Gasteiger partial charge in [-0.1, -0.05) is 30.3 Å². The van der Waals surface area contributed by atoms with E-state index in [0.717, 1.165) is 5.56 Å². The van der Waals surface area contributed by atoms with Crippen molar-refractivity contribution in [1.82, 2.24) is 4.90 Å². The van der Waals surface area contributed by atoms with E-state index in [2.05, 4.69) is 6.07 Å². The van der Waals surface area contributed by atoms with Crippen LogP contribution >= 0.6 is 0 Å². The van der Waals surface area contributed by atoms with E-state index in [-0.39, 0.29) is 11.8 Å². The van der Waals surface area contributed by atoms with Crippen LogP contribution in [0.2, 0.25) is 0 Å². The predicted octanol–water partition coefficient (Wildman–Crippen LogP) is 1.99. The molecule has 0 aliphatic rings. The third-order valence-electron chi connectivity index (χ3n) is 2.88. The van der Waals surface area contributed by atoms with Crippen LogP contribution in [0.4, 0.5) is 0 Å². The second-order valence-corrected chi connectivity index (χ2v) is 4.62. The molecule has 0 aromatic heterocycles. The minimum absolute atomic E-state index is 0.228. The lowest BCUT2D eigenvalue weighted by atomic mass is 9.99. The molecule has 98 valence electrons. The Balaban J connectivity index is 2.68. The minimum Gasteiger partial charge on any atom is -0.343 e. The van der Waals surface area contributed by atoms with E-state index in [4.69, 9.17) is 10.5 Å². The smallest absolute Gasteiger partial charge is 0.240 e. The van der Waals surface area contributed by atoms with Gasteiger partial charge in [-0.3, -0.25) is 4.79 Å². The molecule has 4 nitrogen and oxygen atoms in total. The van der Waals surface area contributed by atoms with Gasteiger partial charge >= 0.3 is 0 Å². The van der Waals surface area contributed by atoms with Crippen LogP contribution in [0.1, 0.15) is 12.5 Å². The Morgan fingerprint density at radius 1 is 1.26 bits per heavy atom. The molecule has 0 saturated heterocycles. The van der Waals surface area contributed by atoms with Crippen LogP contribution in [0.15, 0.2) is 30.3 Å². The first-order valence-corrected chi connectivity index (χ1v) is 6.16. The van der Waals surface area contributed by atoms with Crippen LogP contribution in [0.3, 0.4) is 0 Å². The van der Waals surface area contributed by atoms with Gasteiger partial charge in [0.2, 0.25) is 5.91 Å². The van der Waals surface area contributed by atoms with Gasteiger partial charge in [0.1, 0.15) is 5.92 Å². The van der Waals surface area contributed by atoms with Gasteiger partial charge in [0.25, 0.3) is 0 Å². The molecule has 2 atom stereocenters. The minimum atomic E-state index is -0.696. The summed E-state index contributed by atoms with van der Waals surface area (Å²) >= 11 is 0. The quantitative estimate of drug-likeness (QED) is 0.808. The number of hydrogen-bond donors (Lipinski definition) is 0. The summed E-state index contributed by atoms with van der Waals surface area (Å²) < 4.78 is 0. The van der Waals surface area contributed by atoms with Gasteiger partial charge in [0.15, 0.2) is 0 Å². The maximum Gasteiger partial charge on any atom is 0.240 e. The standard InChI is InChI=1S/C15H17N3O/c1-12(9-16)11-18(2)15(19)14(10-17)8-13-6-4-3-5-7-13/h3-7,12,14H,8,11H2,1-2H3. The zero-order chi connectivity index (χ0) is 14.3. The molecule has 0 saturated carbocycles. The second-order valence-electron chi connectivity index (χ2n) is 4.62. The Labute approximate surface area is 113 Å². The first-order valence-electron chi connectivity index (χ1n) is 6.16. The number of hydrogen-bond acceptors (Lipinski definition) is 3. The van der Waals surface area contributed by atoms with Crippen LogP contribution in [0.25, 0.3) is 0 Å². The molecule has 0 spiro atoms. The summed E-state index contributed by atoms with van der Waals surface area (Å²) in [5.41, 5.74) is 0.962. The SMILES string of the molecule is CC(C#N)CN(C)C(=O)C(C#N)Cc1ccccc1. The van der Waals surface area contributed by atoms with Crippen molar-refractivity contribution >= 4 is 5.91 Å². The Bertz CT molecular complexity index is 498. The highest BCUT2D eigenvalue weighted by Gasteiger charge is 2.23. The van der Waals surface area contributed by atoms with E-state index >= 15 is 0 Å². The summed E-state index contributed by atoms with van der Waals surface area (Å²) in [4.78, 5) is 13.6. The molecule has 4 heteroatoms. The van der Waals surface area contributed by atoms with Crippen molar-refractivity contribution in [3.63, 3.8) is 0 Å². The fraction of sp³-hybridized carbons (Fsp3) is 0.400. The van der Waals surface area contributed by atoms with E-state index in [1.165, 1.54) is 4.90 Å². The number of benzene rings is 1. The van der Waals surface area contributed by atoms with Gasteiger partial charge < -0.3 is 4.90 Å². The lowest BCUT2D eigenvalue weighted by Crippen LogP contribution is -2.36. The molecule has 1 amide bonds. The van der Waals surface area contributed by atoms with E-state index in [9.17, 15) is 4.79 Å². The summed E-state index contributed by atoms with van der Waals surface area (Å²) in [6.07, 6.45) is 0.404. The van der Waals surface area contributed by atoms with Gasteiger partial charge in [-0.05, 0) is 18.9 Å². The Morgan fingerprint density at radius 3 is 2.42 bits per heavy atom. The average molecular weight is 255 g/mol. The lowest BCUT2D eigenvalue weighted by molar-refractivity contribution is -0.132. The number of carbonyl (C=O) groups is 1. The highest BCUT2D eigenvalue weighted by Crippen LogP contribution is 2.11. The number of carbonyl (C=O) groups excluding carboxylic acids is 1. The summed E-state index contributed by atoms with van der Waals surface area (Å²) in [7, 11) is 1.63. The molecule has 0 heterocycles. The van der Waals surface area contributed by atoms with Gasteiger partial charge in [-0.2, -0.15) is 10.5 Å². The van der Waals surface area contributed by atoms with Crippen molar-refractivity contribution in [1.29, 1.82) is 10.5 Å². The molecule has 2 unspecified atom stereocenters. The molecule has 0 N–H and O–H groups in total. The maximum atomic E-state index is 12.1. The van der Waals surface area contributed by atoms with Crippen molar-refractivity contribution in [2.24, 2.45) is 11.8 Å². The molecule has 0 aliphatic heterocycles. The van der Waals surface area contributed by atoms with Crippen LogP contribution in [0.5, 0.6) is 0 Å². The third kappa shape index (κ3) is 4.44. The largest absolute Gasteiger partial charge is 0.343 e. The van der Waals surface area contributed by atoms with Crippen LogP contribution in [-0.2, 0) is 11.2 Å². The average Bonchev–Trinajstić information content (AvgIpc) is 2.44. The summed E-state index contributed by atoms with van der Waals surface area (Å²) in [5.74, 6) is -1.16. The summed E-state index contributed by atoms with van der Waals surface area (Å²) in [6, 6.07) is 13.6. The first-order chi connectivity index (χ1) is 9.08.